The van der Waals surface area contributed by atoms with Gasteiger partial charge in [-0.25, -0.2) is 0 Å². The van der Waals surface area contributed by atoms with Crippen LogP contribution >= 0.6 is 11.8 Å². The highest BCUT2D eigenvalue weighted by Gasteiger charge is 2.18. The molecule has 0 saturated carbocycles. The lowest BCUT2D eigenvalue weighted by Crippen LogP contribution is -2.34. The van der Waals surface area contributed by atoms with E-state index in [1.807, 2.05) is 47.0 Å². The van der Waals surface area contributed by atoms with Gasteiger partial charge in [-0.15, -0.1) is 10.2 Å². The molecule has 0 N–H and O–H groups in total. The van der Waals surface area contributed by atoms with Crippen molar-refractivity contribution < 1.29 is 14.3 Å². The number of carbonyl (C=O) groups excluding carboxylic acids is 2. The molecule has 7 nitrogen and oxygen atoms in total. The second-order valence-electron chi connectivity index (χ2n) is 7.65. The Hall–Kier alpha value is -3.13. The summed E-state index contributed by atoms with van der Waals surface area (Å²) in [6.07, 6.45) is 1.80. The minimum atomic E-state index is -0.340. The summed E-state index contributed by atoms with van der Waals surface area (Å²) in [5, 5.41) is 8.85. The molecule has 2 aromatic carbocycles. The summed E-state index contributed by atoms with van der Waals surface area (Å²) in [6, 6.07) is 18.0. The third kappa shape index (κ3) is 6.43. The number of hydrogen-bond acceptors (Lipinski definition) is 6. The minimum Gasteiger partial charge on any atom is -0.469 e. The average Bonchev–Trinajstić information content (AvgIpc) is 3.29. The van der Waals surface area contributed by atoms with Crippen LogP contribution in [0.1, 0.15) is 37.3 Å². The van der Waals surface area contributed by atoms with Gasteiger partial charge in [-0.1, -0.05) is 68.1 Å². The molecule has 0 atom stereocenters. The zero-order chi connectivity index (χ0) is 22.9. The molecule has 1 aromatic heterocycles. The van der Waals surface area contributed by atoms with Crippen molar-refractivity contribution in [1.82, 2.24) is 19.7 Å². The fourth-order valence-electron chi connectivity index (χ4n) is 3.16. The highest BCUT2D eigenvalue weighted by atomic mass is 32.2. The zero-order valence-electron chi connectivity index (χ0n) is 18.6. The lowest BCUT2D eigenvalue weighted by atomic mass is 10.0. The standard InChI is InChI=1S/C24H28N4O3S/c1-18(2)20-9-11-21(12-10-20)28-17-25-26-24(28)32-16-22(29)27(14-13-23(30)31-3)15-19-7-5-4-6-8-19/h4-12,17-18H,13-16H2,1-3H3. The van der Waals surface area contributed by atoms with Crippen molar-refractivity contribution in [3.63, 3.8) is 0 Å². The molecule has 1 heterocycles. The van der Waals surface area contributed by atoms with Gasteiger partial charge in [-0.05, 0) is 29.2 Å². The molecule has 1 amide bonds. The Morgan fingerprint density at radius 2 is 1.81 bits per heavy atom. The van der Waals surface area contributed by atoms with Crippen LogP contribution in [0.15, 0.2) is 66.1 Å². The second kappa shape index (κ2) is 11.5. The van der Waals surface area contributed by atoms with E-state index < -0.39 is 0 Å². The third-order valence-corrected chi connectivity index (χ3v) is 5.99. The molecule has 0 saturated heterocycles. The van der Waals surface area contributed by atoms with Gasteiger partial charge in [0.05, 0.1) is 19.3 Å². The van der Waals surface area contributed by atoms with Crippen LogP contribution in [0, 0.1) is 0 Å². The summed E-state index contributed by atoms with van der Waals surface area (Å²) >= 11 is 1.33. The van der Waals surface area contributed by atoms with Crippen LogP contribution < -0.4 is 0 Å². The molecule has 168 valence electrons. The maximum atomic E-state index is 13.0. The van der Waals surface area contributed by atoms with Gasteiger partial charge in [-0.3, -0.25) is 14.2 Å². The summed E-state index contributed by atoms with van der Waals surface area (Å²) in [5.41, 5.74) is 3.21. The maximum Gasteiger partial charge on any atom is 0.307 e. The summed E-state index contributed by atoms with van der Waals surface area (Å²) < 4.78 is 6.61. The van der Waals surface area contributed by atoms with Crippen LogP contribution in [-0.4, -0.2) is 50.9 Å². The Kier molecular flexibility index (Phi) is 8.44. The van der Waals surface area contributed by atoms with E-state index in [0.29, 0.717) is 24.2 Å². The van der Waals surface area contributed by atoms with Gasteiger partial charge in [-0.2, -0.15) is 0 Å². The fourth-order valence-corrected chi connectivity index (χ4v) is 3.99. The van der Waals surface area contributed by atoms with Crippen molar-refractivity contribution in [3.05, 3.63) is 72.1 Å². The number of amides is 1. The van der Waals surface area contributed by atoms with Gasteiger partial charge in [0, 0.05) is 18.8 Å². The van der Waals surface area contributed by atoms with E-state index in [4.69, 9.17) is 4.74 Å². The van der Waals surface area contributed by atoms with Crippen molar-refractivity contribution in [3.8, 4) is 5.69 Å². The van der Waals surface area contributed by atoms with Gasteiger partial charge in [0.25, 0.3) is 0 Å². The van der Waals surface area contributed by atoms with Gasteiger partial charge in [0.2, 0.25) is 5.91 Å². The lowest BCUT2D eigenvalue weighted by Gasteiger charge is -2.22. The Bertz CT molecular complexity index is 1020. The molecular weight excluding hydrogens is 424 g/mol. The molecule has 8 heteroatoms. The van der Waals surface area contributed by atoms with E-state index in [1.165, 1.54) is 24.4 Å². The van der Waals surface area contributed by atoms with Gasteiger partial charge in [0.15, 0.2) is 5.16 Å². The van der Waals surface area contributed by atoms with Gasteiger partial charge >= 0.3 is 5.97 Å². The smallest absolute Gasteiger partial charge is 0.307 e. The zero-order valence-corrected chi connectivity index (χ0v) is 19.4. The van der Waals surface area contributed by atoms with Crippen molar-refractivity contribution in [2.75, 3.05) is 19.4 Å². The first kappa shape index (κ1) is 23.5. The van der Waals surface area contributed by atoms with E-state index in [9.17, 15) is 9.59 Å². The minimum absolute atomic E-state index is 0.0764. The highest BCUT2D eigenvalue weighted by Crippen LogP contribution is 2.22. The number of ether oxygens (including phenoxy) is 1. The monoisotopic (exact) mass is 452 g/mol. The van der Waals surface area contributed by atoms with Crippen molar-refractivity contribution in [1.29, 1.82) is 0 Å². The molecule has 0 aliphatic carbocycles. The number of nitrogens with zero attached hydrogens (tertiary/aromatic N) is 4. The van der Waals surface area contributed by atoms with E-state index in [0.717, 1.165) is 11.3 Å². The van der Waals surface area contributed by atoms with Crippen molar-refractivity contribution in [2.24, 2.45) is 0 Å². The summed E-state index contributed by atoms with van der Waals surface area (Å²) in [7, 11) is 1.35. The maximum absolute atomic E-state index is 13.0. The first-order valence-electron chi connectivity index (χ1n) is 10.5. The quantitative estimate of drug-likeness (QED) is 0.341. The van der Waals surface area contributed by atoms with Crippen LogP contribution in [0.5, 0.6) is 0 Å². The molecule has 0 spiro atoms. The number of hydrogen-bond donors (Lipinski definition) is 0. The normalized spacial score (nSPS) is 10.9. The Balaban J connectivity index is 1.68. The van der Waals surface area contributed by atoms with Crippen LogP contribution in [0.3, 0.4) is 0 Å². The van der Waals surface area contributed by atoms with Crippen LogP contribution in [-0.2, 0) is 20.9 Å². The fraction of sp³-hybridized carbons (Fsp3) is 0.333. The molecule has 3 rings (SSSR count). The Morgan fingerprint density at radius 3 is 2.47 bits per heavy atom. The SMILES string of the molecule is COC(=O)CCN(Cc1ccccc1)C(=O)CSc1nncn1-c1ccc(C(C)C)cc1. The summed E-state index contributed by atoms with van der Waals surface area (Å²) in [5.74, 6) is 0.231. The number of thioether (sulfide) groups is 1. The topological polar surface area (TPSA) is 77.3 Å². The first-order chi connectivity index (χ1) is 15.5. The number of methoxy groups -OCH3 is 1. The molecule has 3 aromatic rings. The number of benzene rings is 2. The molecule has 0 aliphatic rings. The predicted octanol–water partition coefficient (Wildman–Crippen LogP) is 4.07. The summed E-state index contributed by atoms with van der Waals surface area (Å²) in [4.78, 5) is 26.3. The molecule has 32 heavy (non-hydrogen) atoms. The second-order valence-corrected chi connectivity index (χ2v) is 8.59. The Labute approximate surface area is 192 Å². The molecule has 0 bridgehead atoms. The number of carbonyl (C=O) groups is 2. The molecule has 0 unspecified atom stereocenters. The average molecular weight is 453 g/mol. The number of aromatic nitrogens is 3. The molecule has 0 aliphatic heterocycles. The van der Waals surface area contributed by atoms with E-state index in [2.05, 4.69) is 36.2 Å². The van der Waals surface area contributed by atoms with Crippen LogP contribution in [0.4, 0.5) is 0 Å². The highest BCUT2D eigenvalue weighted by molar-refractivity contribution is 7.99. The predicted molar refractivity (Wildman–Crippen MR) is 125 cm³/mol. The molecular formula is C24H28N4O3S. The van der Waals surface area contributed by atoms with Crippen LogP contribution in [0.2, 0.25) is 0 Å². The van der Waals surface area contributed by atoms with Gasteiger partial charge < -0.3 is 9.64 Å². The molecule has 0 fully saturated rings. The first-order valence-corrected chi connectivity index (χ1v) is 11.5. The Morgan fingerprint density at radius 1 is 1.09 bits per heavy atom. The van der Waals surface area contributed by atoms with E-state index in [1.54, 1.807) is 11.2 Å². The van der Waals surface area contributed by atoms with Crippen molar-refractivity contribution >= 4 is 23.6 Å². The summed E-state index contributed by atoms with van der Waals surface area (Å²) in [6.45, 7) is 5.04. The largest absolute Gasteiger partial charge is 0.469 e. The van der Waals surface area contributed by atoms with Crippen molar-refractivity contribution in [2.45, 2.75) is 37.9 Å². The van der Waals surface area contributed by atoms with E-state index >= 15 is 0 Å². The van der Waals surface area contributed by atoms with E-state index in [-0.39, 0.29) is 24.1 Å². The third-order valence-electron chi connectivity index (χ3n) is 5.06. The number of rotatable bonds is 10. The lowest BCUT2D eigenvalue weighted by molar-refractivity contribution is -0.141. The van der Waals surface area contributed by atoms with Crippen LogP contribution in [0.25, 0.3) is 5.69 Å². The van der Waals surface area contributed by atoms with Gasteiger partial charge in [0.1, 0.15) is 6.33 Å². The number of esters is 1. The molecule has 0 radical (unpaired) electrons.